The van der Waals surface area contributed by atoms with E-state index in [9.17, 15) is 4.79 Å². The highest BCUT2D eigenvalue weighted by Gasteiger charge is 2.23. The average Bonchev–Trinajstić information content (AvgIpc) is 2.76. The zero-order valence-corrected chi connectivity index (χ0v) is 16.9. The van der Waals surface area contributed by atoms with Crippen LogP contribution in [-0.2, 0) is 4.74 Å². The molecule has 6 N–H and O–H groups in total. The van der Waals surface area contributed by atoms with E-state index in [0.717, 1.165) is 50.0 Å². The van der Waals surface area contributed by atoms with Crippen molar-refractivity contribution in [2.45, 2.75) is 44.2 Å². The van der Waals surface area contributed by atoms with E-state index >= 15 is 0 Å². The third kappa shape index (κ3) is 4.77. The zero-order valence-electron chi connectivity index (χ0n) is 16.9. The molecule has 8 heteroatoms. The molecule has 30 heavy (non-hydrogen) atoms. The number of ether oxygens (including phenoxy) is 1. The number of carbonyl (C=O) groups excluding carboxylic acids is 1. The number of nitrogens with one attached hydrogen (secondary N) is 2. The fourth-order valence-electron chi connectivity index (χ4n) is 3.93. The number of hydrogen-bond acceptors (Lipinski definition) is 7. The Labute approximate surface area is 176 Å². The van der Waals surface area contributed by atoms with Gasteiger partial charge in [0.25, 0.3) is 5.91 Å². The maximum absolute atomic E-state index is 11.9. The van der Waals surface area contributed by atoms with Crippen LogP contribution >= 0.6 is 0 Å². The highest BCUT2D eigenvalue weighted by Crippen LogP contribution is 2.26. The molecule has 1 amide bonds. The van der Waals surface area contributed by atoms with Crippen LogP contribution in [-0.4, -0.2) is 41.2 Å². The molecule has 1 aromatic carbocycles. The molecule has 0 bridgehead atoms. The Morgan fingerprint density at radius 2 is 1.97 bits per heavy atom. The lowest BCUT2D eigenvalue weighted by Crippen LogP contribution is -2.43. The first-order valence-corrected chi connectivity index (χ1v) is 10.4. The molecule has 2 aliphatic rings. The third-order valence-electron chi connectivity index (χ3n) is 5.67. The van der Waals surface area contributed by atoms with Gasteiger partial charge >= 0.3 is 0 Å². The molecule has 2 aromatic rings. The van der Waals surface area contributed by atoms with Crippen LogP contribution in [0, 0.1) is 0 Å². The lowest BCUT2D eigenvalue weighted by atomic mass is 9.91. The minimum Gasteiger partial charge on any atom is -0.377 e. The van der Waals surface area contributed by atoms with Crippen molar-refractivity contribution >= 4 is 28.9 Å². The van der Waals surface area contributed by atoms with Crippen molar-refractivity contribution in [1.82, 2.24) is 9.97 Å². The van der Waals surface area contributed by atoms with Gasteiger partial charge in [-0.25, -0.2) is 4.98 Å². The third-order valence-corrected chi connectivity index (χ3v) is 5.67. The molecular formula is C22H28N6O2. The molecule has 1 aliphatic heterocycles. The van der Waals surface area contributed by atoms with Crippen LogP contribution in [0.4, 0.5) is 17.5 Å². The predicted octanol–water partition coefficient (Wildman–Crippen LogP) is 2.80. The van der Waals surface area contributed by atoms with Crippen molar-refractivity contribution in [1.29, 1.82) is 0 Å². The van der Waals surface area contributed by atoms with Gasteiger partial charge in [0.15, 0.2) is 0 Å². The number of nitrogens with two attached hydrogens (primary N) is 2. The topological polar surface area (TPSA) is 128 Å². The quantitative estimate of drug-likeness (QED) is 0.578. The molecule has 1 fully saturated rings. The van der Waals surface area contributed by atoms with E-state index in [4.69, 9.17) is 16.2 Å². The van der Waals surface area contributed by atoms with E-state index in [1.54, 1.807) is 0 Å². The van der Waals surface area contributed by atoms with Crippen molar-refractivity contribution in [3.05, 3.63) is 47.7 Å². The normalized spacial score (nSPS) is 21.6. The monoisotopic (exact) mass is 408 g/mol. The predicted molar refractivity (Wildman–Crippen MR) is 118 cm³/mol. The molecule has 4 rings (SSSR count). The number of amides is 1. The van der Waals surface area contributed by atoms with E-state index < -0.39 is 5.91 Å². The summed E-state index contributed by atoms with van der Waals surface area (Å²) in [5.74, 6) is 0.235. The molecule has 158 valence electrons. The highest BCUT2D eigenvalue weighted by molar-refractivity contribution is 5.98. The molecule has 1 saturated carbocycles. The van der Waals surface area contributed by atoms with Crippen LogP contribution in [0.1, 0.15) is 48.0 Å². The largest absolute Gasteiger partial charge is 0.377 e. The van der Waals surface area contributed by atoms with E-state index in [1.165, 1.54) is 11.8 Å². The van der Waals surface area contributed by atoms with Crippen LogP contribution in [0.15, 0.2) is 36.5 Å². The van der Waals surface area contributed by atoms with E-state index in [1.807, 2.05) is 24.3 Å². The molecule has 2 heterocycles. The summed E-state index contributed by atoms with van der Waals surface area (Å²) in [6.07, 6.45) is 8.70. The smallest absolute Gasteiger partial charge is 0.254 e. The molecule has 1 aromatic heterocycles. The van der Waals surface area contributed by atoms with Crippen molar-refractivity contribution in [2.75, 3.05) is 23.8 Å². The fraction of sp³-hybridized carbons (Fsp3) is 0.409. The Kier molecular flexibility index (Phi) is 6.25. The number of hydrogen-bond donors (Lipinski definition) is 4. The number of carbonyl (C=O) groups is 1. The first-order valence-electron chi connectivity index (χ1n) is 10.4. The Hall–Kier alpha value is -2.97. The number of aromatic nitrogens is 2. The molecule has 0 radical (unpaired) electrons. The van der Waals surface area contributed by atoms with Crippen LogP contribution in [0.3, 0.4) is 0 Å². The minimum atomic E-state index is -0.581. The Balaban J connectivity index is 1.53. The standard InChI is InChI=1S/C22H28N6O2/c23-18-3-1-2-4-19(18)27-22-25-13-17(20(24)29)21(28-22)26-16-7-5-14(6-8-16)15-9-11-30-12-10-15/h5-9,13,18-19H,1-4,10-12,23H2,(H2,24,29)(H2,25,26,27,28)/t18-,19+/m0/s1. The molecule has 8 nitrogen and oxygen atoms in total. The second kappa shape index (κ2) is 9.23. The number of rotatable bonds is 6. The van der Waals surface area contributed by atoms with E-state index in [2.05, 4.69) is 26.7 Å². The Bertz CT molecular complexity index is 928. The summed E-state index contributed by atoms with van der Waals surface area (Å²) in [4.78, 5) is 20.6. The van der Waals surface area contributed by atoms with E-state index in [-0.39, 0.29) is 17.6 Å². The first kappa shape index (κ1) is 20.3. The summed E-state index contributed by atoms with van der Waals surface area (Å²) in [5, 5.41) is 6.52. The SMILES string of the molecule is NC(=O)c1cnc(N[C@@H]2CCCC[C@@H]2N)nc1Nc1ccc(C2=CCOCC2)cc1. The van der Waals surface area contributed by atoms with Gasteiger partial charge in [0, 0.05) is 24.0 Å². The lowest BCUT2D eigenvalue weighted by Gasteiger charge is -2.29. The number of anilines is 3. The van der Waals surface area contributed by atoms with Gasteiger partial charge in [-0.1, -0.05) is 31.1 Å². The van der Waals surface area contributed by atoms with Crippen LogP contribution in [0.5, 0.6) is 0 Å². The maximum Gasteiger partial charge on any atom is 0.254 e. The Morgan fingerprint density at radius 1 is 1.17 bits per heavy atom. The molecule has 0 spiro atoms. The van der Waals surface area contributed by atoms with Crippen molar-refractivity contribution in [3.8, 4) is 0 Å². The van der Waals surface area contributed by atoms with Gasteiger partial charge in [-0.05, 0) is 42.5 Å². The van der Waals surface area contributed by atoms with Crippen LogP contribution in [0.25, 0.3) is 5.57 Å². The van der Waals surface area contributed by atoms with E-state index in [0.29, 0.717) is 18.4 Å². The Morgan fingerprint density at radius 3 is 2.67 bits per heavy atom. The van der Waals surface area contributed by atoms with Gasteiger partial charge in [0.05, 0.1) is 13.2 Å². The van der Waals surface area contributed by atoms with Gasteiger partial charge in [-0.3, -0.25) is 4.79 Å². The summed E-state index contributed by atoms with van der Waals surface area (Å²) in [7, 11) is 0. The van der Waals surface area contributed by atoms with Gasteiger partial charge in [-0.15, -0.1) is 0 Å². The minimum absolute atomic E-state index is 0.0709. The van der Waals surface area contributed by atoms with Crippen LogP contribution in [0.2, 0.25) is 0 Å². The molecule has 0 saturated heterocycles. The number of benzene rings is 1. The summed E-state index contributed by atoms with van der Waals surface area (Å²) < 4.78 is 5.37. The van der Waals surface area contributed by atoms with Gasteiger partial charge in [0.2, 0.25) is 5.95 Å². The molecular weight excluding hydrogens is 380 g/mol. The van der Waals surface area contributed by atoms with Gasteiger partial charge in [-0.2, -0.15) is 4.98 Å². The van der Waals surface area contributed by atoms with Crippen LogP contribution < -0.4 is 22.1 Å². The van der Waals surface area contributed by atoms with Crippen molar-refractivity contribution in [2.24, 2.45) is 11.5 Å². The van der Waals surface area contributed by atoms with Gasteiger partial charge in [0.1, 0.15) is 11.4 Å². The highest BCUT2D eigenvalue weighted by atomic mass is 16.5. The molecule has 1 aliphatic carbocycles. The second-order valence-electron chi connectivity index (χ2n) is 7.78. The number of primary amides is 1. The molecule has 0 unspecified atom stereocenters. The summed E-state index contributed by atoms with van der Waals surface area (Å²) in [5.41, 5.74) is 15.2. The summed E-state index contributed by atoms with van der Waals surface area (Å²) >= 11 is 0. The molecule has 2 atom stereocenters. The lowest BCUT2D eigenvalue weighted by molar-refractivity contribution is 0.100. The maximum atomic E-state index is 11.9. The number of nitrogens with zero attached hydrogens (tertiary/aromatic N) is 2. The van der Waals surface area contributed by atoms with Crippen molar-refractivity contribution in [3.63, 3.8) is 0 Å². The first-order chi connectivity index (χ1) is 14.6. The van der Waals surface area contributed by atoms with Crippen molar-refractivity contribution < 1.29 is 9.53 Å². The average molecular weight is 409 g/mol. The zero-order chi connectivity index (χ0) is 20.9. The summed E-state index contributed by atoms with van der Waals surface area (Å²) in [6.45, 7) is 1.40. The second-order valence-corrected chi connectivity index (χ2v) is 7.78. The summed E-state index contributed by atoms with van der Waals surface area (Å²) in [6, 6.07) is 8.21. The fourth-order valence-corrected chi connectivity index (χ4v) is 3.93. The van der Waals surface area contributed by atoms with Gasteiger partial charge < -0.3 is 26.8 Å².